The molecular weight excluding hydrogens is 260 g/mol. The van der Waals surface area contributed by atoms with E-state index in [-0.39, 0.29) is 5.41 Å². The number of rotatable bonds is 2. The van der Waals surface area contributed by atoms with Crippen LogP contribution in [0.15, 0.2) is 24.3 Å². The zero-order valence-corrected chi connectivity index (χ0v) is 13.3. The highest BCUT2D eigenvalue weighted by Crippen LogP contribution is 2.41. The molecule has 2 fully saturated rings. The zero-order chi connectivity index (χ0) is 14.9. The second-order valence-corrected chi connectivity index (χ2v) is 6.81. The third-order valence-electron chi connectivity index (χ3n) is 5.42. The Morgan fingerprint density at radius 3 is 2.57 bits per heavy atom. The predicted molar refractivity (Wildman–Crippen MR) is 85.0 cm³/mol. The van der Waals surface area contributed by atoms with Gasteiger partial charge in [-0.15, -0.1) is 0 Å². The molecule has 1 atom stereocenters. The van der Waals surface area contributed by atoms with Gasteiger partial charge in [-0.05, 0) is 56.8 Å². The lowest BCUT2D eigenvalue weighted by Crippen LogP contribution is -2.33. The number of carbonyl (C=O) groups excluding carboxylic acids is 1. The molecule has 0 radical (unpaired) electrons. The number of nitrogens with zero attached hydrogens (tertiary/aromatic N) is 2. The first-order valence-electron chi connectivity index (χ1n) is 8.13. The summed E-state index contributed by atoms with van der Waals surface area (Å²) in [5, 5.41) is 0. The van der Waals surface area contributed by atoms with Crippen LogP contribution in [0.1, 0.15) is 36.8 Å². The van der Waals surface area contributed by atoms with Gasteiger partial charge in [0.1, 0.15) is 0 Å². The molecule has 0 N–H and O–H groups in total. The summed E-state index contributed by atoms with van der Waals surface area (Å²) in [7, 11) is 1.95. The summed E-state index contributed by atoms with van der Waals surface area (Å²) in [6, 6.07) is 8.63. The molecule has 114 valence electrons. The molecule has 21 heavy (non-hydrogen) atoms. The van der Waals surface area contributed by atoms with Gasteiger partial charge in [0.05, 0.1) is 5.41 Å². The molecule has 0 aromatic heterocycles. The smallest absolute Gasteiger partial charge is 0.228 e. The summed E-state index contributed by atoms with van der Waals surface area (Å²) in [6.07, 6.45) is 4.30. The van der Waals surface area contributed by atoms with Crippen molar-refractivity contribution in [3.8, 4) is 0 Å². The number of aryl methyl sites for hydroxylation is 1. The Morgan fingerprint density at radius 2 is 1.86 bits per heavy atom. The van der Waals surface area contributed by atoms with Crippen LogP contribution in [0.3, 0.4) is 0 Å². The first kappa shape index (κ1) is 14.6. The Bertz CT molecular complexity index is 528. The van der Waals surface area contributed by atoms with E-state index < -0.39 is 0 Å². The van der Waals surface area contributed by atoms with Crippen molar-refractivity contribution >= 4 is 5.91 Å². The molecule has 0 unspecified atom stereocenters. The molecule has 2 aliphatic rings. The Balaban J connectivity index is 1.67. The van der Waals surface area contributed by atoms with E-state index in [1.54, 1.807) is 0 Å². The minimum absolute atomic E-state index is 0.0464. The van der Waals surface area contributed by atoms with Crippen LogP contribution in [0, 0.1) is 12.3 Å². The van der Waals surface area contributed by atoms with Gasteiger partial charge >= 0.3 is 0 Å². The van der Waals surface area contributed by atoms with E-state index in [0.717, 1.165) is 51.9 Å². The Kier molecular flexibility index (Phi) is 4.03. The number of likely N-dealkylation sites (tertiary alicyclic amines) is 2. The van der Waals surface area contributed by atoms with E-state index in [1.807, 2.05) is 11.9 Å². The van der Waals surface area contributed by atoms with E-state index in [0.29, 0.717) is 5.91 Å². The second kappa shape index (κ2) is 5.80. The van der Waals surface area contributed by atoms with Gasteiger partial charge in [0.25, 0.3) is 0 Å². The highest BCUT2D eigenvalue weighted by atomic mass is 16.2. The lowest BCUT2D eigenvalue weighted by atomic mass is 9.79. The molecule has 0 saturated carbocycles. The number of carbonyl (C=O) groups is 1. The van der Waals surface area contributed by atoms with Crippen molar-refractivity contribution in [1.82, 2.24) is 9.80 Å². The topological polar surface area (TPSA) is 23.6 Å². The maximum Gasteiger partial charge on any atom is 0.228 e. The van der Waals surface area contributed by atoms with Crippen molar-refractivity contribution < 1.29 is 4.79 Å². The monoisotopic (exact) mass is 286 g/mol. The van der Waals surface area contributed by atoms with Crippen LogP contribution < -0.4 is 0 Å². The van der Waals surface area contributed by atoms with Crippen molar-refractivity contribution in [3.05, 3.63) is 35.4 Å². The van der Waals surface area contributed by atoms with Crippen molar-refractivity contribution in [2.24, 2.45) is 5.41 Å². The van der Waals surface area contributed by atoms with Gasteiger partial charge in [-0.2, -0.15) is 0 Å². The minimum atomic E-state index is -0.0464. The highest BCUT2D eigenvalue weighted by molar-refractivity contribution is 5.84. The Labute approximate surface area is 127 Å². The molecule has 1 spiro atoms. The summed E-state index contributed by atoms with van der Waals surface area (Å²) in [4.78, 5) is 16.9. The van der Waals surface area contributed by atoms with Gasteiger partial charge in [-0.25, -0.2) is 0 Å². The fraction of sp³-hybridized carbons (Fsp3) is 0.611. The fourth-order valence-corrected chi connectivity index (χ4v) is 3.90. The third kappa shape index (κ3) is 2.84. The van der Waals surface area contributed by atoms with E-state index in [9.17, 15) is 4.79 Å². The summed E-state index contributed by atoms with van der Waals surface area (Å²) < 4.78 is 0. The Morgan fingerprint density at radius 1 is 1.10 bits per heavy atom. The van der Waals surface area contributed by atoms with Crippen LogP contribution in [-0.2, 0) is 11.3 Å². The molecule has 2 aliphatic heterocycles. The van der Waals surface area contributed by atoms with Gasteiger partial charge in [-0.3, -0.25) is 9.69 Å². The average molecular weight is 286 g/mol. The van der Waals surface area contributed by atoms with E-state index in [2.05, 4.69) is 36.1 Å². The number of amides is 1. The van der Waals surface area contributed by atoms with Crippen molar-refractivity contribution in [1.29, 1.82) is 0 Å². The maximum atomic E-state index is 12.5. The molecule has 1 amide bonds. The van der Waals surface area contributed by atoms with Crippen molar-refractivity contribution in [3.63, 3.8) is 0 Å². The molecule has 2 heterocycles. The van der Waals surface area contributed by atoms with Gasteiger partial charge < -0.3 is 4.90 Å². The zero-order valence-electron chi connectivity index (χ0n) is 13.3. The standard InChI is InChI=1S/C18H26N2O/c1-15-6-3-4-7-16(15)14-20-11-5-8-18(10-13-20)9-12-19(2)17(18)21/h3-4,6-7H,5,8-14H2,1-2H3/t18-/m1/s1. The quantitative estimate of drug-likeness (QED) is 0.834. The van der Waals surface area contributed by atoms with Crippen molar-refractivity contribution in [2.75, 3.05) is 26.7 Å². The largest absolute Gasteiger partial charge is 0.345 e. The van der Waals surface area contributed by atoms with Gasteiger partial charge in [0.15, 0.2) is 0 Å². The average Bonchev–Trinajstić information content (AvgIpc) is 2.66. The van der Waals surface area contributed by atoms with Gasteiger partial charge in [0, 0.05) is 20.1 Å². The van der Waals surface area contributed by atoms with Gasteiger partial charge in [0.2, 0.25) is 5.91 Å². The van der Waals surface area contributed by atoms with E-state index in [4.69, 9.17) is 0 Å². The lowest BCUT2D eigenvalue weighted by molar-refractivity contribution is -0.135. The molecule has 3 nitrogen and oxygen atoms in total. The number of hydrogen-bond donors (Lipinski definition) is 0. The molecular formula is C18H26N2O. The fourth-order valence-electron chi connectivity index (χ4n) is 3.90. The first-order chi connectivity index (χ1) is 10.1. The SMILES string of the molecule is Cc1ccccc1CN1CCC[C@]2(CC1)CCN(C)C2=O. The molecule has 0 aliphatic carbocycles. The van der Waals surface area contributed by atoms with E-state index in [1.165, 1.54) is 11.1 Å². The normalized spacial score (nSPS) is 27.3. The second-order valence-electron chi connectivity index (χ2n) is 6.81. The van der Waals surface area contributed by atoms with Crippen LogP contribution in [-0.4, -0.2) is 42.4 Å². The predicted octanol–water partition coefficient (Wildman–Crippen LogP) is 2.83. The maximum absolute atomic E-state index is 12.5. The summed E-state index contributed by atoms with van der Waals surface area (Å²) >= 11 is 0. The molecule has 3 rings (SSSR count). The molecule has 2 saturated heterocycles. The summed E-state index contributed by atoms with van der Waals surface area (Å²) in [6.45, 7) is 6.31. The number of hydrogen-bond acceptors (Lipinski definition) is 2. The van der Waals surface area contributed by atoms with Crippen LogP contribution in [0.25, 0.3) is 0 Å². The molecule has 3 heteroatoms. The van der Waals surface area contributed by atoms with E-state index >= 15 is 0 Å². The molecule has 0 bridgehead atoms. The van der Waals surface area contributed by atoms with Crippen LogP contribution in [0.4, 0.5) is 0 Å². The lowest BCUT2D eigenvalue weighted by Gasteiger charge is -2.26. The highest BCUT2D eigenvalue weighted by Gasteiger charge is 2.45. The van der Waals surface area contributed by atoms with Crippen LogP contribution in [0.5, 0.6) is 0 Å². The van der Waals surface area contributed by atoms with Crippen molar-refractivity contribution in [2.45, 2.75) is 39.2 Å². The Hall–Kier alpha value is -1.35. The third-order valence-corrected chi connectivity index (χ3v) is 5.42. The minimum Gasteiger partial charge on any atom is -0.345 e. The summed E-state index contributed by atoms with van der Waals surface area (Å²) in [5.74, 6) is 0.389. The summed E-state index contributed by atoms with van der Waals surface area (Å²) in [5.41, 5.74) is 2.74. The van der Waals surface area contributed by atoms with Crippen LogP contribution in [0.2, 0.25) is 0 Å². The molecule has 1 aromatic rings. The first-order valence-corrected chi connectivity index (χ1v) is 8.13. The van der Waals surface area contributed by atoms with Gasteiger partial charge in [-0.1, -0.05) is 24.3 Å². The molecule has 1 aromatic carbocycles. The van der Waals surface area contributed by atoms with Crippen LogP contribution >= 0.6 is 0 Å². The number of benzene rings is 1.